The highest BCUT2D eigenvalue weighted by atomic mass is 79.9. The highest BCUT2D eigenvalue weighted by molar-refractivity contribution is 9.10. The van der Waals surface area contributed by atoms with Gasteiger partial charge in [0.05, 0.1) is 17.6 Å². The molecule has 0 bridgehead atoms. The zero-order valence-electron chi connectivity index (χ0n) is 8.28. The highest BCUT2D eigenvalue weighted by Gasteiger charge is 2.20. The Morgan fingerprint density at radius 3 is 2.44 bits per heavy atom. The van der Waals surface area contributed by atoms with Crippen molar-refractivity contribution in [2.75, 3.05) is 7.11 Å². The van der Waals surface area contributed by atoms with Crippen LogP contribution in [0.3, 0.4) is 0 Å². The van der Waals surface area contributed by atoms with Crippen LogP contribution in [-0.4, -0.2) is 18.6 Å². The van der Waals surface area contributed by atoms with Gasteiger partial charge in [-0.05, 0) is 33.6 Å². The fourth-order valence-corrected chi connectivity index (χ4v) is 1.55. The first-order chi connectivity index (χ1) is 6.97. The molecule has 0 fully saturated rings. The van der Waals surface area contributed by atoms with Crippen molar-refractivity contribution in [3.8, 4) is 11.5 Å². The van der Waals surface area contributed by atoms with Crippen molar-refractivity contribution in [2.45, 2.75) is 12.5 Å². The molecule has 0 spiro atoms. The summed E-state index contributed by atoms with van der Waals surface area (Å²) in [5.41, 5.74) is 5.47. The van der Waals surface area contributed by atoms with Gasteiger partial charge >= 0.3 is 0 Å². The second-order valence-corrected chi connectivity index (χ2v) is 3.77. The van der Waals surface area contributed by atoms with E-state index in [2.05, 4.69) is 15.9 Å². The molecule has 0 saturated carbocycles. The van der Waals surface area contributed by atoms with Gasteiger partial charge in [-0.15, -0.1) is 12.4 Å². The van der Waals surface area contributed by atoms with Crippen molar-refractivity contribution in [1.82, 2.24) is 0 Å². The van der Waals surface area contributed by atoms with Crippen LogP contribution < -0.4 is 10.5 Å². The summed E-state index contributed by atoms with van der Waals surface area (Å²) in [6.45, 7) is 0. The van der Waals surface area contributed by atoms with Crippen LogP contribution in [0.5, 0.6) is 11.5 Å². The Balaban J connectivity index is 0.00000225. The minimum atomic E-state index is -2.66. The summed E-state index contributed by atoms with van der Waals surface area (Å²) in [5, 5.41) is 9.44. The van der Waals surface area contributed by atoms with E-state index in [1.807, 2.05) is 0 Å². The summed E-state index contributed by atoms with van der Waals surface area (Å²) in [4.78, 5) is 0. The molecule has 1 atom stereocenters. The van der Waals surface area contributed by atoms with Crippen LogP contribution in [0.4, 0.5) is 8.78 Å². The standard InChI is InChI=1S/C9H10BrF2NO2.ClH/c1-15-6-3-4(7(13)9(11)12)2-5(10)8(6)14;/h2-3,7,9,14H,13H2,1H3;1H/t7-;/m0./s1. The first-order valence-electron chi connectivity index (χ1n) is 4.07. The summed E-state index contributed by atoms with van der Waals surface area (Å²) in [6, 6.07) is 1.24. The van der Waals surface area contributed by atoms with Crippen LogP contribution in [0, 0.1) is 0 Å². The van der Waals surface area contributed by atoms with Gasteiger partial charge in [-0.2, -0.15) is 0 Å². The fourth-order valence-electron chi connectivity index (χ4n) is 1.09. The predicted octanol–water partition coefficient (Wildman–Crippen LogP) is 2.85. The lowest BCUT2D eigenvalue weighted by atomic mass is 10.1. The average Bonchev–Trinajstić information content (AvgIpc) is 2.20. The third kappa shape index (κ3) is 3.20. The number of phenolic OH excluding ortho intramolecular Hbond substituents is 1. The predicted molar refractivity (Wildman–Crippen MR) is 62.5 cm³/mol. The number of ether oxygens (including phenoxy) is 1. The Morgan fingerprint density at radius 2 is 2.00 bits per heavy atom. The largest absolute Gasteiger partial charge is 0.503 e. The molecular formula is C9H11BrClF2NO2. The lowest BCUT2D eigenvalue weighted by Gasteiger charge is -2.13. The van der Waals surface area contributed by atoms with Gasteiger partial charge < -0.3 is 15.6 Å². The molecule has 1 aromatic carbocycles. The van der Waals surface area contributed by atoms with E-state index in [0.29, 0.717) is 0 Å². The van der Waals surface area contributed by atoms with E-state index >= 15 is 0 Å². The molecule has 1 rings (SSSR count). The number of nitrogens with two attached hydrogens (primary N) is 1. The van der Waals surface area contributed by atoms with Gasteiger partial charge in [0.2, 0.25) is 0 Å². The molecule has 0 unspecified atom stereocenters. The van der Waals surface area contributed by atoms with Crippen molar-refractivity contribution in [2.24, 2.45) is 5.73 Å². The van der Waals surface area contributed by atoms with Crippen LogP contribution in [0.2, 0.25) is 0 Å². The maximum absolute atomic E-state index is 12.3. The maximum Gasteiger partial charge on any atom is 0.257 e. The third-order valence-electron chi connectivity index (χ3n) is 1.93. The number of benzene rings is 1. The molecule has 0 heterocycles. The molecule has 0 aliphatic carbocycles. The number of alkyl halides is 2. The van der Waals surface area contributed by atoms with Gasteiger partial charge in [0, 0.05) is 0 Å². The Labute approximate surface area is 106 Å². The molecular weight excluding hydrogens is 307 g/mol. The topological polar surface area (TPSA) is 55.5 Å². The highest BCUT2D eigenvalue weighted by Crippen LogP contribution is 2.37. The molecule has 0 aliphatic rings. The van der Waals surface area contributed by atoms with Gasteiger partial charge in [-0.3, -0.25) is 0 Å². The maximum atomic E-state index is 12.3. The second-order valence-electron chi connectivity index (χ2n) is 2.91. The van der Waals surface area contributed by atoms with Crippen LogP contribution >= 0.6 is 28.3 Å². The number of hydrogen-bond acceptors (Lipinski definition) is 3. The first kappa shape index (κ1) is 15.4. The quantitative estimate of drug-likeness (QED) is 0.901. The summed E-state index contributed by atoms with van der Waals surface area (Å²) < 4.78 is 29.8. The van der Waals surface area contributed by atoms with Gasteiger partial charge in [0.1, 0.15) is 0 Å². The lowest BCUT2D eigenvalue weighted by molar-refractivity contribution is 0.116. The minimum Gasteiger partial charge on any atom is -0.503 e. The molecule has 92 valence electrons. The zero-order chi connectivity index (χ0) is 11.6. The fraction of sp³-hybridized carbons (Fsp3) is 0.333. The molecule has 0 aromatic heterocycles. The van der Waals surface area contributed by atoms with E-state index in [1.54, 1.807) is 0 Å². The van der Waals surface area contributed by atoms with Crippen molar-refractivity contribution in [1.29, 1.82) is 0 Å². The van der Waals surface area contributed by atoms with E-state index in [-0.39, 0.29) is 33.9 Å². The Kier molecular flexibility index (Phi) is 5.99. The van der Waals surface area contributed by atoms with Gasteiger partial charge in [0.15, 0.2) is 11.5 Å². The first-order valence-corrected chi connectivity index (χ1v) is 4.86. The molecule has 0 saturated heterocycles. The van der Waals surface area contributed by atoms with E-state index in [1.165, 1.54) is 19.2 Å². The number of phenols is 1. The van der Waals surface area contributed by atoms with Crippen LogP contribution in [0.15, 0.2) is 16.6 Å². The normalized spacial score (nSPS) is 12.1. The molecule has 3 N–H and O–H groups in total. The van der Waals surface area contributed by atoms with Crippen LogP contribution in [0.25, 0.3) is 0 Å². The molecule has 0 aliphatic heterocycles. The summed E-state index contributed by atoms with van der Waals surface area (Å²) in [6.07, 6.45) is -2.66. The smallest absolute Gasteiger partial charge is 0.257 e. The van der Waals surface area contributed by atoms with E-state index in [0.717, 1.165) is 0 Å². The van der Waals surface area contributed by atoms with Crippen molar-refractivity contribution < 1.29 is 18.6 Å². The van der Waals surface area contributed by atoms with Crippen LogP contribution in [-0.2, 0) is 0 Å². The number of aromatic hydroxyl groups is 1. The summed E-state index contributed by atoms with van der Waals surface area (Å²) >= 11 is 3.02. The van der Waals surface area contributed by atoms with Crippen LogP contribution in [0.1, 0.15) is 11.6 Å². The minimum absolute atomic E-state index is 0. The molecule has 0 amide bonds. The zero-order valence-corrected chi connectivity index (χ0v) is 10.7. The molecule has 0 radical (unpaired) electrons. The SMILES string of the molecule is COc1cc([C@H](N)C(F)F)cc(Br)c1O.Cl. The van der Waals surface area contributed by atoms with E-state index < -0.39 is 12.5 Å². The summed E-state index contributed by atoms with van der Waals surface area (Å²) in [7, 11) is 1.33. The van der Waals surface area contributed by atoms with Gasteiger partial charge in [0.25, 0.3) is 6.43 Å². The van der Waals surface area contributed by atoms with Gasteiger partial charge in [-0.25, -0.2) is 8.78 Å². The Morgan fingerprint density at radius 1 is 1.44 bits per heavy atom. The Bertz CT molecular complexity index is 366. The molecule has 16 heavy (non-hydrogen) atoms. The summed E-state index contributed by atoms with van der Waals surface area (Å²) in [5.74, 6) is -0.0295. The monoisotopic (exact) mass is 317 g/mol. The third-order valence-corrected chi connectivity index (χ3v) is 2.53. The number of methoxy groups -OCH3 is 1. The van der Waals surface area contributed by atoms with Crippen molar-refractivity contribution in [3.63, 3.8) is 0 Å². The average molecular weight is 319 g/mol. The van der Waals surface area contributed by atoms with E-state index in [9.17, 15) is 13.9 Å². The molecule has 3 nitrogen and oxygen atoms in total. The molecule has 1 aromatic rings. The number of hydrogen-bond donors (Lipinski definition) is 2. The number of halogens is 4. The lowest BCUT2D eigenvalue weighted by Crippen LogP contribution is -2.18. The second kappa shape index (κ2) is 6.22. The van der Waals surface area contributed by atoms with Crippen molar-refractivity contribution >= 4 is 28.3 Å². The molecule has 7 heteroatoms. The number of rotatable bonds is 3. The van der Waals surface area contributed by atoms with Gasteiger partial charge in [-0.1, -0.05) is 0 Å². The Hall–Kier alpha value is -0.590. The van der Waals surface area contributed by atoms with E-state index in [4.69, 9.17) is 10.5 Å². The van der Waals surface area contributed by atoms with Crippen molar-refractivity contribution in [3.05, 3.63) is 22.2 Å².